The minimum absolute atomic E-state index is 0.119. The van der Waals surface area contributed by atoms with E-state index in [1.54, 1.807) is 0 Å². The third-order valence-corrected chi connectivity index (χ3v) is 3.54. The minimum atomic E-state index is -4.42. The van der Waals surface area contributed by atoms with Gasteiger partial charge in [-0.1, -0.05) is 12.1 Å². The second-order valence-electron chi connectivity index (χ2n) is 4.20. The molecule has 0 spiro atoms. The van der Waals surface area contributed by atoms with E-state index in [1.165, 1.54) is 19.2 Å². The smallest absolute Gasteiger partial charge is 0.383 e. The lowest BCUT2D eigenvalue weighted by molar-refractivity contribution is -0.137. The zero-order valence-corrected chi connectivity index (χ0v) is 12.5. The summed E-state index contributed by atoms with van der Waals surface area (Å²) in [5.74, 6) is 0.262. The summed E-state index contributed by atoms with van der Waals surface area (Å²) < 4.78 is 43.7. The van der Waals surface area contributed by atoms with E-state index >= 15 is 0 Å². The Balaban J connectivity index is 2.52. The van der Waals surface area contributed by atoms with Crippen molar-refractivity contribution in [2.45, 2.75) is 12.8 Å². The Kier molecular flexibility index (Phi) is 4.48. The van der Waals surface area contributed by atoms with Crippen molar-refractivity contribution in [3.05, 3.63) is 40.0 Å². The lowest BCUT2D eigenvalue weighted by Gasteiger charge is -2.10. The molecule has 1 heterocycles. The van der Waals surface area contributed by atoms with E-state index in [9.17, 15) is 13.2 Å². The molecule has 2 rings (SSSR count). The lowest BCUT2D eigenvalue weighted by atomic mass is 10.1. The van der Waals surface area contributed by atoms with Gasteiger partial charge >= 0.3 is 6.18 Å². The molecule has 1 aromatic heterocycles. The number of alkyl halides is 3. The Hall–Kier alpha value is -1.67. The van der Waals surface area contributed by atoms with E-state index in [1.807, 2.05) is 0 Å². The molecular weight excluding hydrogens is 351 g/mol. The van der Waals surface area contributed by atoms with Gasteiger partial charge in [-0.3, -0.25) is 0 Å². The molecule has 0 aliphatic rings. The molecule has 0 saturated carbocycles. The number of hydrogen-bond acceptors (Lipinski definition) is 4. The van der Waals surface area contributed by atoms with Gasteiger partial charge in [-0.15, -0.1) is 0 Å². The van der Waals surface area contributed by atoms with Gasteiger partial charge in [0, 0.05) is 12.7 Å². The highest BCUT2D eigenvalue weighted by atomic mass is 79.9. The molecular formula is C13H11BrF3N3O. The van der Waals surface area contributed by atoms with Gasteiger partial charge in [0.1, 0.15) is 5.82 Å². The number of methoxy groups -OCH3 is 1. The molecule has 2 N–H and O–H groups in total. The van der Waals surface area contributed by atoms with Crippen LogP contribution in [0.5, 0.6) is 0 Å². The molecule has 0 unspecified atom stereocenters. The summed E-state index contributed by atoms with van der Waals surface area (Å²) >= 11 is 3.22. The zero-order chi connectivity index (χ0) is 15.6. The van der Waals surface area contributed by atoms with Gasteiger partial charge in [0.15, 0.2) is 5.82 Å². The first-order valence-corrected chi connectivity index (χ1v) is 6.60. The Morgan fingerprint density at radius 1 is 1.29 bits per heavy atom. The summed E-state index contributed by atoms with van der Waals surface area (Å²) in [6, 6.07) is 4.77. The number of hydrogen-bond donors (Lipinski definition) is 1. The van der Waals surface area contributed by atoms with Crippen LogP contribution in [0.1, 0.15) is 11.3 Å². The SMILES string of the molecule is COCc1nc(-c2cccc(C(F)(F)F)c2)nc(N)c1Br. The highest BCUT2D eigenvalue weighted by molar-refractivity contribution is 9.10. The molecule has 0 amide bonds. The standard InChI is InChI=1S/C13H11BrF3N3O/c1-21-6-9-10(14)11(18)20-12(19-9)7-3-2-4-8(5-7)13(15,16)17/h2-5H,6H2,1H3,(H2,18,19,20). The number of nitrogens with zero attached hydrogens (tertiary/aromatic N) is 2. The van der Waals surface area contributed by atoms with E-state index < -0.39 is 11.7 Å². The highest BCUT2D eigenvalue weighted by Gasteiger charge is 2.30. The largest absolute Gasteiger partial charge is 0.416 e. The fourth-order valence-corrected chi connectivity index (χ4v) is 2.00. The van der Waals surface area contributed by atoms with Crippen LogP contribution in [0.2, 0.25) is 0 Å². The van der Waals surface area contributed by atoms with E-state index in [0.29, 0.717) is 10.2 Å². The summed E-state index contributed by atoms with van der Waals surface area (Å²) in [7, 11) is 1.48. The number of rotatable bonds is 3. The number of halogens is 4. The normalized spacial score (nSPS) is 11.7. The number of nitrogens with two attached hydrogens (primary N) is 1. The summed E-state index contributed by atoms with van der Waals surface area (Å²) in [6.07, 6.45) is -4.42. The Labute approximate surface area is 127 Å². The van der Waals surface area contributed by atoms with Gasteiger partial charge < -0.3 is 10.5 Å². The first-order valence-electron chi connectivity index (χ1n) is 5.81. The van der Waals surface area contributed by atoms with Crippen molar-refractivity contribution in [3.63, 3.8) is 0 Å². The maximum Gasteiger partial charge on any atom is 0.416 e. The molecule has 0 aliphatic carbocycles. The number of nitrogen functional groups attached to an aromatic ring is 1. The van der Waals surface area contributed by atoms with Gasteiger partial charge in [0.25, 0.3) is 0 Å². The van der Waals surface area contributed by atoms with Gasteiger partial charge in [0.2, 0.25) is 0 Å². The van der Waals surface area contributed by atoms with Crippen molar-refractivity contribution in [2.75, 3.05) is 12.8 Å². The van der Waals surface area contributed by atoms with Crippen LogP contribution in [-0.2, 0) is 17.5 Å². The summed E-state index contributed by atoms with van der Waals surface area (Å²) in [4.78, 5) is 8.19. The highest BCUT2D eigenvalue weighted by Crippen LogP contribution is 2.32. The second-order valence-corrected chi connectivity index (χ2v) is 5.00. The molecule has 1 aromatic carbocycles. The molecule has 0 atom stereocenters. The van der Waals surface area contributed by atoms with Gasteiger partial charge in [0.05, 0.1) is 22.3 Å². The van der Waals surface area contributed by atoms with Crippen LogP contribution < -0.4 is 5.73 Å². The molecule has 0 radical (unpaired) electrons. The fourth-order valence-electron chi connectivity index (χ4n) is 1.71. The average Bonchev–Trinajstić information content (AvgIpc) is 2.43. The van der Waals surface area contributed by atoms with Gasteiger partial charge in [-0.25, -0.2) is 9.97 Å². The van der Waals surface area contributed by atoms with Crippen molar-refractivity contribution in [3.8, 4) is 11.4 Å². The monoisotopic (exact) mass is 361 g/mol. The lowest BCUT2D eigenvalue weighted by Crippen LogP contribution is -2.06. The Bertz CT molecular complexity index is 662. The van der Waals surface area contributed by atoms with Crippen molar-refractivity contribution >= 4 is 21.7 Å². The molecule has 4 nitrogen and oxygen atoms in total. The van der Waals surface area contributed by atoms with Crippen molar-refractivity contribution < 1.29 is 17.9 Å². The molecule has 0 saturated heterocycles. The molecule has 0 aliphatic heterocycles. The van der Waals surface area contributed by atoms with E-state index in [4.69, 9.17) is 10.5 Å². The van der Waals surface area contributed by atoms with Crippen LogP contribution in [0.3, 0.4) is 0 Å². The third kappa shape index (κ3) is 3.51. The van der Waals surface area contributed by atoms with Crippen LogP contribution in [0.25, 0.3) is 11.4 Å². The summed E-state index contributed by atoms with van der Waals surface area (Å²) in [5, 5.41) is 0. The maximum absolute atomic E-state index is 12.7. The first-order chi connectivity index (χ1) is 9.82. The van der Waals surface area contributed by atoms with Crippen LogP contribution in [-0.4, -0.2) is 17.1 Å². The van der Waals surface area contributed by atoms with Crippen LogP contribution in [0.15, 0.2) is 28.7 Å². The van der Waals surface area contributed by atoms with E-state index in [2.05, 4.69) is 25.9 Å². The van der Waals surface area contributed by atoms with Crippen LogP contribution in [0.4, 0.5) is 19.0 Å². The number of benzene rings is 1. The number of aromatic nitrogens is 2. The zero-order valence-electron chi connectivity index (χ0n) is 10.9. The average molecular weight is 362 g/mol. The molecule has 8 heteroatoms. The molecule has 112 valence electrons. The third-order valence-electron chi connectivity index (χ3n) is 2.67. The molecule has 21 heavy (non-hydrogen) atoms. The van der Waals surface area contributed by atoms with E-state index in [-0.39, 0.29) is 23.8 Å². The predicted molar refractivity (Wildman–Crippen MR) is 75.3 cm³/mol. The first kappa shape index (κ1) is 15.7. The quantitative estimate of drug-likeness (QED) is 0.906. The summed E-state index contributed by atoms with van der Waals surface area (Å²) in [6.45, 7) is 0.166. The molecule has 0 fully saturated rings. The van der Waals surface area contributed by atoms with Crippen molar-refractivity contribution in [1.82, 2.24) is 9.97 Å². The van der Waals surface area contributed by atoms with Crippen LogP contribution in [0, 0.1) is 0 Å². The minimum Gasteiger partial charge on any atom is -0.383 e. The predicted octanol–water partition coefficient (Wildman–Crippen LogP) is 3.65. The number of ether oxygens (including phenoxy) is 1. The number of anilines is 1. The topological polar surface area (TPSA) is 61.0 Å². The molecule has 2 aromatic rings. The van der Waals surface area contributed by atoms with E-state index in [0.717, 1.165) is 12.1 Å². The summed E-state index contributed by atoms with van der Waals surface area (Å²) in [5.41, 5.74) is 5.68. The van der Waals surface area contributed by atoms with Crippen molar-refractivity contribution in [2.24, 2.45) is 0 Å². The fraction of sp³-hybridized carbons (Fsp3) is 0.231. The van der Waals surface area contributed by atoms with Crippen molar-refractivity contribution in [1.29, 1.82) is 0 Å². The second kappa shape index (κ2) is 5.98. The van der Waals surface area contributed by atoms with Crippen LogP contribution >= 0.6 is 15.9 Å². The molecule has 0 bridgehead atoms. The van der Waals surface area contributed by atoms with Gasteiger partial charge in [-0.05, 0) is 28.1 Å². The Morgan fingerprint density at radius 3 is 2.62 bits per heavy atom. The maximum atomic E-state index is 12.7. The Morgan fingerprint density at radius 2 is 2.00 bits per heavy atom. The van der Waals surface area contributed by atoms with Gasteiger partial charge in [-0.2, -0.15) is 13.2 Å².